The molecule has 0 saturated heterocycles. The second-order valence-electron chi connectivity index (χ2n) is 6.62. The van der Waals surface area contributed by atoms with Crippen LogP contribution in [0.1, 0.15) is 45.4 Å². The summed E-state index contributed by atoms with van der Waals surface area (Å²) in [6, 6.07) is 12.0. The molecule has 2 aliphatic rings. The number of rotatable bonds is 2. The second-order valence-corrected chi connectivity index (χ2v) is 7.02. The van der Waals surface area contributed by atoms with Gasteiger partial charge in [0.05, 0.1) is 22.3 Å². The third kappa shape index (κ3) is 2.40. The van der Waals surface area contributed by atoms with Gasteiger partial charge in [0.2, 0.25) is 0 Å². The van der Waals surface area contributed by atoms with Crippen LogP contribution in [-0.2, 0) is 0 Å². The van der Waals surface area contributed by atoms with Crippen LogP contribution in [0.3, 0.4) is 0 Å². The summed E-state index contributed by atoms with van der Waals surface area (Å²) in [4.78, 5) is 11.4. The van der Waals surface area contributed by atoms with Gasteiger partial charge in [-0.1, -0.05) is 53.6 Å². The summed E-state index contributed by atoms with van der Waals surface area (Å²) in [6.45, 7) is 2.09. The van der Waals surface area contributed by atoms with Crippen LogP contribution in [0, 0.1) is 12.8 Å². The summed E-state index contributed by atoms with van der Waals surface area (Å²) in [5.74, 6) is -0.373. The number of carboxylic acids is 1. The van der Waals surface area contributed by atoms with E-state index in [0.717, 1.165) is 17.7 Å². The van der Waals surface area contributed by atoms with Gasteiger partial charge in [0.15, 0.2) is 0 Å². The summed E-state index contributed by atoms with van der Waals surface area (Å²) >= 11 is 6.42. The van der Waals surface area contributed by atoms with Gasteiger partial charge in [-0.3, -0.25) is 0 Å². The quantitative estimate of drug-likeness (QED) is 0.742. The number of hydrogen-bond donors (Lipinski definition) is 2. The van der Waals surface area contributed by atoms with E-state index >= 15 is 0 Å². The van der Waals surface area contributed by atoms with E-state index in [4.69, 9.17) is 11.6 Å². The summed E-state index contributed by atoms with van der Waals surface area (Å²) in [5, 5.41) is 13.4. The Bertz CT molecular complexity index is 859. The highest BCUT2D eigenvalue weighted by Gasteiger charge is 2.39. The van der Waals surface area contributed by atoms with E-state index in [0.29, 0.717) is 10.9 Å². The average molecular weight is 340 g/mol. The lowest BCUT2D eigenvalue weighted by molar-refractivity contribution is 0.0696. The van der Waals surface area contributed by atoms with E-state index in [9.17, 15) is 9.90 Å². The predicted octanol–water partition coefficient (Wildman–Crippen LogP) is 5.17. The maximum Gasteiger partial charge on any atom is 0.335 e. The molecule has 1 aliphatic carbocycles. The molecule has 122 valence electrons. The fraction of sp³-hybridized carbons (Fsp3) is 0.250. The third-order valence-electron chi connectivity index (χ3n) is 5.07. The molecule has 0 amide bonds. The Kier molecular flexibility index (Phi) is 3.61. The Labute approximate surface area is 146 Å². The van der Waals surface area contributed by atoms with Crippen molar-refractivity contribution in [3.05, 3.63) is 75.8 Å². The van der Waals surface area contributed by atoms with Crippen molar-refractivity contribution in [1.82, 2.24) is 0 Å². The van der Waals surface area contributed by atoms with E-state index in [-0.39, 0.29) is 17.5 Å². The molecular formula is C20H18ClNO2. The molecule has 1 aliphatic heterocycles. The Morgan fingerprint density at radius 2 is 2.12 bits per heavy atom. The normalized spacial score (nSPS) is 24.2. The first-order valence-corrected chi connectivity index (χ1v) is 8.49. The number of carboxylic acid groups (broad SMARTS) is 1. The van der Waals surface area contributed by atoms with Gasteiger partial charge in [0.1, 0.15) is 0 Å². The van der Waals surface area contributed by atoms with Crippen LogP contribution in [0.2, 0.25) is 5.02 Å². The van der Waals surface area contributed by atoms with Crippen molar-refractivity contribution >= 4 is 23.3 Å². The van der Waals surface area contributed by atoms with Crippen LogP contribution < -0.4 is 5.32 Å². The number of aromatic carboxylic acids is 1. The first kappa shape index (κ1) is 15.3. The molecule has 4 rings (SSSR count). The third-order valence-corrected chi connectivity index (χ3v) is 5.37. The number of benzene rings is 2. The lowest BCUT2D eigenvalue weighted by Crippen LogP contribution is -2.29. The molecular weight excluding hydrogens is 322 g/mol. The number of anilines is 1. The predicted molar refractivity (Wildman–Crippen MR) is 95.9 cm³/mol. The van der Waals surface area contributed by atoms with Crippen LogP contribution in [0.4, 0.5) is 5.69 Å². The lowest BCUT2D eigenvalue weighted by atomic mass is 9.76. The maximum atomic E-state index is 11.4. The van der Waals surface area contributed by atoms with Crippen LogP contribution in [0.15, 0.2) is 48.6 Å². The van der Waals surface area contributed by atoms with Gasteiger partial charge in [-0.05, 0) is 42.5 Å². The molecule has 0 fully saturated rings. The molecule has 24 heavy (non-hydrogen) atoms. The summed E-state index contributed by atoms with van der Waals surface area (Å²) < 4.78 is 0. The van der Waals surface area contributed by atoms with E-state index in [1.807, 2.05) is 0 Å². The van der Waals surface area contributed by atoms with Crippen LogP contribution in [0.5, 0.6) is 0 Å². The summed E-state index contributed by atoms with van der Waals surface area (Å²) in [6.07, 6.45) is 5.36. The van der Waals surface area contributed by atoms with E-state index in [2.05, 4.69) is 48.7 Å². The number of fused-ring (bicyclic) bond motifs is 3. The minimum Gasteiger partial charge on any atom is -0.478 e. The average Bonchev–Trinajstić information content (AvgIpc) is 3.04. The minimum absolute atomic E-state index is 0.172. The molecule has 0 unspecified atom stereocenters. The zero-order valence-corrected chi connectivity index (χ0v) is 14.0. The van der Waals surface area contributed by atoms with E-state index < -0.39 is 5.97 Å². The molecule has 0 saturated carbocycles. The highest BCUT2D eigenvalue weighted by molar-refractivity contribution is 6.33. The largest absolute Gasteiger partial charge is 0.478 e. The SMILES string of the molecule is Cc1cccc([C@@H]2Nc3c(Cl)cc(C(=O)O)cc3[C@@H]3C=CC[C@H]32)c1. The zero-order chi connectivity index (χ0) is 16.8. The molecule has 0 radical (unpaired) electrons. The monoisotopic (exact) mass is 339 g/mol. The van der Waals surface area contributed by atoms with Gasteiger partial charge in [-0.15, -0.1) is 0 Å². The van der Waals surface area contributed by atoms with Crippen molar-refractivity contribution < 1.29 is 9.90 Å². The topological polar surface area (TPSA) is 49.3 Å². The summed E-state index contributed by atoms with van der Waals surface area (Å²) in [7, 11) is 0. The van der Waals surface area contributed by atoms with Crippen molar-refractivity contribution in [2.45, 2.75) is 25.3 Å². The molecule has 4 heteroatoms. The van der Waals surface area contributed by atoms with Crippen molar-refractivity contribution in [2.75, 3.05) is 5.32 Å². The first-order chi connectivity index (χ1) is 11.5. The molecule has 0 bridgehead atoms. The van der Waals surface area contributed by atoms with E-state index in [1.165, 1.54) is 17.2 Å². The van der Waals surface area contributed by atoms with Gasteiger partial charge in [0.25, 0.3) is 0 Å². The van der Waals surface area contributed by atoms with Gasteiger partial charge in [0, 0.05) is 5.92 Å². The van der Waals surface area contributed by atoms with Gasteiger partial charge in [-0.25, -0.2) is 4.79 Å². The Balaban J connectivity index is 1.83. The molecule has 2 aromatic carbocycles. The number of nitrogens with one attached hydrogen (secondary N) is 1. The molecule has 0 aromatic heterocycles. The number of carbonyl (C=O) groups is 1. The fourth-order valence-electron chi connectivity index (χ4n) is 3.97. The molecule has 2 aromatic rings. The van der Waals surface area contributed by atoms with Gasteiger partial charge in [-0.2, -0.15) is 0 Å². The van der Waals surface area contributed by atoms with Gasteiger partial charge < -0.3 is 10.4 Å². The molecule has 1 heterocycles. The standard InChI is InChI=1S/C20H18ClNO2/c1-11-4-2-5-12(8-11)18-15-7-3-6-14(15)16-9-13(20(23)24)10-17(21)19(16)22-18/h2-6,8-10,14-15,18,22H,7H2,1H3,(H,23,24)/t14-,15-,18+/m1/s1. The first-order valence-electron chi connectivity index (χ1n) is 8.11. The lowest BCUT2D eigenvalue weighted by Gasteiger charge is -2.38. The summed E-state index contributed by atoms with van der Waals surface area (Å²) in [5.41, 5.74) is 4.57. The van der Waals surface area contributed by atoms with Crippen LogP contribution in [0.25, 0.3) is 0 Å². The fourth-order valence-corrected chi connectivity index (χ4v) is 4.25. The molecule has 3 atom stereocenters. The van der Waals surface area contributed by atoms with Crippen LogP contribution >= 0.6 is 11.6 Å². The maximum absolute atomic E-state index is 11.4. The number of halogens is 1. The number of aryl methyl sites for hydroxylation is 1. The second kappa shape index (κ2) is 5.67. The Morgan fingerprint density at radius 3 is 2.88 bits per heavy atom. The van der Waals surface area contributed by atoms with Crippen molar-refractivity contribution in [2.24, 2.45) is 5.92 Å². The highest BCUT2D eigenvalue weighted by Crippen LogP contribution is 2.51. The van der Waals surface area contributed by atoms with Crippen molar-refractivity contribution in [3.8, 4) is 0 Å². The highest BCUT2D eigenvalue weighted by atomic mass is 35.5. The molecule has 3 nitrogen and oxygen atoms in total. The van der Waals surface area contributed by atoms with Crippen molar-refractivity contribution in [1.29, 1.82) is 0 Å². The Hall–Kier alpha value is -2.26. The zero-order valence-electron chi connectivity index (χ0n) is 13.3. The Morgan fingerprint density at radius 1 is 1.29 bits per heavy atom. The smallest absolute Gasteiger partial charge is 0.335 e. The van der Waals surface area contributed by atoms with E-state index in [1.54, 1.807) is 6.07 Å². The minimum atomic E-state index is -0.945. The molecule has 0 spiro atoms. The number of hydrogen-bond acceptors (Lipinski definition) is 2. The van der Waals surface area contributed by atoms with Crippen molar-refractivity contribution in [3.63, 3.8) is 0 Å². The number of allylic oxidation sites excluding steroid dienone is 2. The van der Waals surface area contributed by atoms with Gasteiger partial charge >= 0.3 is 5.97 Å². The molecule has 2 N–H and O–H groups in total. The van der Waals surface area contributed by atoms with Crippen LogP contribution in [-0.4, -0.2) is 11.1 Å².